The van der Waals surface area contributed by atoms with Gasteiger partial charge in [-0.25, -0.2) is 9.13 Å². The van der Waals surface area contributed by atoms with Crippen LogP contribution in [0.3, 0.4) is 0 Å². The van der Waals surface area contributed by atoms with Gasteiger partial charge in [-0.2, -0.15) is 0 Å². The minimum Gasteiger partial charge on any atom is -0.790 e. The summed E-state index contributed by atoms with van der Waals surface area (Å²) in [4.78, 5) is 67.4. The van der Waals surface area contributed by atoms with Crippen molar-refractivity contribution in [3.63, 3.8) is 0 Å². The number of hydrogen-bond acceptors (Lipinski definition) is 5. The first-order chi connectivity index (χ1) is 6.00. The number of phosphoric acid groups is 3. The molecule has 0 unspecified atom stereocenters. The molecule has 96 valence electrons. The Bertz CT molecular complexity index is 206. The molecule has 17 heavy (non-hydrogen) atoms. The molecule has 0 aromatic carbocycles. The first-order valence-electron chi connectivity index (χ1n) is 2.31. The predicted molar refractivity (Wildman–Crippen MR) is 38.4 cm³/mol. The molecule has 12 nitrogen and oxygen atoms in total. The zero-order valence-corrected chi connectivity index (χ0v) is 15.2. The molecule has 17 heteroatoms. The summed E-state index contributed by atoms with van der Waals surface area (Å²) in [6, 6.07) is 0. The van der Waals surface area contributed by atoms with Crippen molar-refractivity contribution in [1.29, 1.82) is 0 Å². The molecule has 0 aromatic rings. The van der Waals surface area contributed by atoms with Crippen LogP contribution < -0.4 is 68.9 Å². The average Bonchev–Trinajstić information content (AvgIpc) is 1.41. The second-order valence-electron chi connectivity index (χ2n) is 1.50. The topological polar surface area (TPSA) is 239 Å². The Labute approximate surface area is 139 Å². The molecule has 0 atom stereocenters. The summed E-state index contributed by atoms with van der Waals surface area (Å²) in [7, 11) is -14.4. The summed E-state index contributed by atoms with van der Waals surface area (Å²) in [5.74, 6) is 0. The van der Waals surface area contributed by atoms with E-state index >= 15 is 0 Å². The second kappa shape index (κ2) is 13.3. The van der Waals surface area contributed by atoms with Crippen LogP contribution in [0.25, 0.3) is 0 Å². The van der Waals surface area contributed by atoms with Crippen LogP contribution in [0.1, 0.15) is 0 Å². The van der Waals surface area contributed by atoms with Crippen molar-refractivity contribution in [2.75, 3.05) is 0 Å². The standard InChI is InChI=1S/2Na.3H3O4P/c;;3*1-5(2,3)4/h;;3*(H3,1,2,3,4)/q2*+1;;;/p-2. The maximum atomic E-state index is 8.88. The van der Waals surface area contributed by atoms with Gasteiger partial charge in [0.15, 0.2) is 0 Å². The fourth-order valence-electron chi connectivity index (χ4n) is 0. The van der Waals surface area contributed by atoms with E-state index in [0.717, 1.165) is 0 Å². The fourth-order valence-corrected chi connectivity index (χ4v) is 0. The molecule has 0 aliphatic heterocycles. The van der Waals surface area contributed by atoms with Crippen molar-refractivity contribution < 1.29 is 117 Å². The van der Waals surface area contributed by atoms with Gasteiger partial charge < -0.3 is 48.6 Å². The van der Waals surface area contributed by atoms with E-state index in [0.29, 0.717) is 0 Å². The van der Waals surface area contributed by atoms with E-state index in [1.165, 1.54) is 0 Å². The van der Waals surface area contributed by atoms with Gasteiger partial charge in [0.2, 0.25) is 0 Å². The summed E-state index contributed by atoms with van der Waals surface area (Å²) in [6.07, 6.45) is 0. The molecular formula is H7Na2O12P3. The van der Waals surface area contributed by atoms with Gasteiger partial charge >= 0.3 is 74.8 Å². The van der Waals surface area contributed by atoms with Crippen LogP contribution in [-0.4, -0.2) is 34.3 Å². The molecule has 0 aromatic heterocycles. The van der Waals surface area contributed by atoms with Crippen molar-refractivity contribution in [3.05, 3.63) is 0 Å². The molecule has 0 saturated heterocycles. The molecule has 0 bridgehead atoms. The normalized spacial score (nSPS) is 10.4. The summed E-state index contributed by atoms with van der Waals surface area (Å²) >= 11 is 0. The molecule has 0 aliphatic rings. The maximum Gasteiger partial charge on any atom is 1.00 e. The zero-order chi connectivity index (χ0) is 13.5. The molecule has 0 fully saturated rings. The van der Waals surface area contributed by atoms with Gasteiger partial charge in [-0.15, -0.1) is 0 Å². The van der Waals surface area contributed by atoms with Crippen LogP contribution in [0.15, 0.2) is 0 Å². The molecule has 7 N–H and O–H groups in total. The van der Waals surface area contributed by atoms with E-state index in [1.54, 1.807) is 0 Å². The molecule has 0 rings (SSSR count). The number of hydrogen-bond donors (Lipinski definition) is 7. The Morgan fingerprint density at radius 1 is 0.588 bits per heavy atom. The van der Waals surface area contributed by atoms with Gasteiger partial charge in [0, 0.05) is 0 Å². The van der Waals surface area contributed by atoms with Crippen molar-refractivity contribution in [2.45, 2.75) is 0 Å². The van der Waals surface area contributed by atoms with Gasteiger partial charge in [-0.1, -0.05) is 0 Å². The fraction of sp³-hybridized carbons (Fsp3) is 0. The van der Waals surface area contributed by atoms with E-state index in [-0.39, 0.29) is 59.1 Å². The van der Waals surface area contributed by atoms with Gasteiger partial charge in [-0.05, 0) is 0 Å². The summed E-state index contributed by atoms with van der Waals surface area (Å²) in [5, 5.41) is 0. The first-order valence-corrected chi connectivity index (χ1v) is 6.94. The van der Waals surface area contributed by atoms with Crippen LogP contribution in [0.4, 0.5) is 0 Å². The average molecular weight is 338 g/mol. The Kier molecular flexibility index (Phi) is 24.8. The molecule has 0 heterocycles. The Morgan fingerprint density at radius 3 is 0.588 bits per heavy atom. The van der Waals surface area contributed by atoms with Crippen LogP contribution in [0.2, 0.25) is 0 Å². The monoisotopic (exact) mass is 338 g/mol. The Morgan fingerprint density at radius 2 is 0.588 bits per heavy atom. The molecule has 0 saturated carbocycles. The van der Waals surface area contributed by atoms with Crippen LogP contribution in [0, 0.1) is 0 Å². The largest absolute Gasteiger partial charge is 1.00 e. The van der Waals surface area contributed by atoms with Gasteiger partial charge in [0.05, 0.1) is 7.82 Å². The predicted octanol–water partition coefficient (Wildman–Crippen LogP) is -10.0. The van der Waals surface area contributed by atoms with Crippen LogP contribution >= 0.6 is 23.5 Å². The molecular weight excluding hydrogens is 331 g/mol. The van der Waals surface area contributed by atoms with E-state index < -0.39 is 23.5 Å². The summed E-state index contributed by atoms with van der Waals surface area (Å²) < 4.78 is 26.4. The van der Waals surface area contributed by atoms with Gasteiger partial charge in [0.25, 0.3) is 0 Å². The minimum atomic E-state index is -5.14. The maximum absolute atomic E-state index is 8.88. The number of rotatable bonds is 0. The van der Waals surface area contributed by atoms with E-state index in [1.807, 2.05) is 0 Å². The van der Waals surface area contributed by atoms with E-state index in [2.05, 4.69) is 0 Å². The van der Waals surface area contributed by atoms with Crippen LogP contribution in [-0.2, 0) is 13.7 Å². The molecule has 0 amide bonds. The molecule has 0 aliphatic carbocycles. The van der Waals surface area contributed by atoms with Crippen molar-refractivity contribution in [3.8, 4) is 0 Å². The third-order valence-corrected chi connectivity index (χ3v) is 0. The first kappa shape index (κ1) is 31.6. The zero-order valence-electron chi connectivity index (χ0n) is 8.51. The molecule has 0 spiro atoms. The van der Waals surface area contributed by atoms with Crippen LogP contribution in [0.5, 0.6) is 0 Å². The third-order valence-electron chi connectivity index (χ3n) is 0. The van der Waals surface area contributed by atoms with E-state index in [9.17, 15) is 0 Å². The molecule has 0 radical (unpaired) electrons. The summed E-state index contributed by atoms with van der Waals surface area (Å²) in [6.45, 7) is 0. The Balaban J connectivity index is -0.0000000400. The second-order valence-corrected chi connectivity index (χ2v) is 4.49. The van der Waals surface area contributed by atoms with Gasteiger partial charge in [0.1, 0.15) is 0 Å². The van der Waals surface area contributed by atoms with Crippen molar-refractivity contribution >= 4 is 23.5 Å². The van der Waals surface area contributed by atoms with Crippen molar-refractivity contribution in [1.82, 2.24) is 0 Å². The van der Waals surface area contributed by atoms with Gasteiger partial charge in [-0.3, -0.25) is 0 Å². The SMILES string of the molecule is O=P(O)(O)O.O=P(O)(O)O.O=P([O-])([O-])O.[Na+].[Na+]. The Hall–Kier alpha value is 2.33. The smallest absolute Gasteiger partial charge is 0.790 e. The summed E-state index contributed by atoms with van der Waals surface area (Å²) in [5.41, 5.74) is 0. The minimum absolute atomic E-state index is 0. The van der Waals surface area contributed by atoms with Crippen molar-refractivity contribution in [2.24, 2.45) is 0 Å². The van der Waals surface area contributed by atoms with E-state index in [4.69, 9.17) is 57.7 Å². The third kappa shape index (κ3) is 900. The quantitative estimate of drug-likeness (QED) is 0.161.